The number of piperazine rings is 1. The zero-order valence-electron chi connectivity index (χ0n) is 11.9. The maximum atomic E-state index is 13.3. The van der Waals surface area contributed by atoms with Crippen molar-refractivity contribution in [1.82, 2.24) is 9.80 Å². The molecule has 0 saturated carbocycles. The van der Waals surface area contributed by atoms with E-state index in [2.05, 4.69) is 23.6 Å². The van der Waals surface area contributed by atoms with Gasteiger partial charge in [0.05, 0.1) is 0 Å². The van der Waals surface area contributed by atoms with Crippen molar-refractivity contribution >= 4 is 5.69 Å². The Morgan fingerprint density at radius 2 is 1.74 bits per heavy atom. The van der Waals surface area contributed by atoms with Crippen LogP contribution in [0.3, 0.4) is 0 Å². The van der Waals surface area contributed by atoms with Crippen LogP contribution in [-0.4, -0.2) is 42.5 Å². The molecular weight excluding hydrogens is 241 g/mol. The largest absolute Gasteiger partial charge is 0.399 e. The molecule has 2 N–H and O–H groups in total. The number of halogens is 1. The van der Waals surface area contributed by atoms with Gasteiger partial charge >= 0.3 is 0 Å². The van der Waals surface area contributed by atoms with Crippen molar-refractivity contribution in [2.45, 2.75) is 20.4 Å². The van der Waals surface area contributed by atoms with Crippen molar-refractivity contribution in [3.05, 3.63) is 29.6 Å². The molecule has 0 aliphatic carbocycles. The molecule has 2 rings (SSSR count). The van der Waals surface area contributed by atoms with E-state index in [0.29, 0.717) is 5.69 Å². The Hall–Kier alpha value is -1.13. The SMILES string of the molecule is CC(C)CN1CCN(Cc2cc(N)cc(F)c2)CC1. The molecule has 3 nitrogen and oxygen atoms in total. The fraction of sp³-hybridized carbons (Fsp3) is 0.600. The summed E-state index contributed by atoms with van der Waals surface area (Å²) in [6.07, 6.45) is 0. The predicted molar refractivity (Wildman–Crippen MR) is 77.4 cm³/mol. The van der Waals surface area contributed by atoms with Crippen LogP contribution in [0.4, 0.5) is 10.1 Å². The van der Waals surface area contributed by atoms with Crippen LogP contribution < -0.4 is 5.73 Å². The van der Waals surface area contributed by atoms with Crippen LogP contribution >= 0.6 is 0 Å². The first-order valence-corrected chi connectivity index (χ1v) is 7.02. The van der Waals surface area contributed by atoms with Crippen molar-refractivity contribution < 1.29 is 4.39 Å². The van der Waals surface area contributed by atoms with Crippen molar-refractivity contribution in [3.8, 4) is 0 Å². The Morgan fingerprint density at radius 3 is 2.32 bits per heavy atom. The second-order valence-corrected chi connectivity index (χ2v) is 5.86. The summed E-state index contributed by atoms with van der Waals surface area (Å²) in [6.45, 7) is 10.8. The molecule has 1 heterocycles. The van der Waals surface area contributed by atoms with Crippen molar-refractivity contribution in [2.24, 2.45) is 5.92 Å². The highest BCUT2D eigenvalue weighted by Gasteiger charge is 2.17. The third-order valence-corrected chi connectivity index (χ3v) is 3.47. The van der Waals surface area contributed by atoms with E-state index in [1.54, 1.807) is 6.07 Å². The van der Waals surface area contributed by atoms with E-state index in [4.69, 9.17) is 5.73 Å². The highest BCUT2D eigenvalue weighted by molar-refractivity contribution is 5.41. The molecule has 0 aromatic heterocycles. The molecule has 0 amide bonds. The average Bonchev–Trinajstić information content (AvgIpc) is 2.29. The van der Waals surface area contributed by atoms with Gasteiger partial charge in [0.25, 0.3) is 0 Å². The average molecular weight is 265 g/mol. The van der Waals surface area contributed by atoms with Crippen LogP contribution in [0.1, 0.15) is 19.4 Å². The summed E-state index contributed by atoms with van der Waals surface area (Å²) in [5, 5.41) is 0. The van der Waals surface area contributed by atoms with Crippen molar-refractivity contribution in [3.63, 3.8) is 0 Å². The molecule has 0 unspecified atom stereocenters. The minimum absolute atomic E-state index is 0.242. The molecule has 0 atom stereocenters. The molecule has 19 heavy (non-hydrogen) atoms. The standard InChI is InChI=1S/C15H24FN3/c1-12(2)10-18-3-5-19(6-4-18)11-13-7-14(16)9-15(17)8-13/h7-9,12H,3-6,10-11,17H2,1-2H3. The first kappa shape index (κ1) is 14.3. The Balaban J connectivity index is 1.85. The normalized spacial score (nSPS) is 18.1. The summed E-state index contributed by atoms with van der Waals surface area (Å²) < 4.78 is 13.3. The first-order chi connectivity index (χ1) is 9.02. The fourth-order valence-electron chi connectivity index (χ4n) is 2.67. The Labute approximate surface area is 115 Å². The molecule has 0 bridgehead atoms. The molecule has 1 aliphatic heterocycles. The molecule has 1 aliphatic rings. The summed E-state index contributed by atoms with van der Waals surface area (Å²) in [4.78, 5) is 4.87. The van der Waals surface area contributed by atoms with Gasteiger partial charge < -0.3 is 10.6 Å². The van der Waals surface area contributed by atoms with Crippen LogP contribution in [0.5, 0.6) is 0 Å². The van der Waals surface area contributed by atoms with Crippen molar-refractivity contribution in [1.29, 1.82) is 0 Å². The predicted octanol–water partition coefficient (Wildman–Crippen LogP) is 2.18. The number of rotatable bonds is 4. The minimum Gasteiger partial charge on any atom is -0.399 e. The number of hydrogen-bond donors (Lipinski definition) is 1. The smallest absolute Gasteiger partial charge is 0.125 e. The lowest BCUT2D eigenvalue weighted by Gasteiger charge is -2.35. The quantitative estimate of drug-likeness (QED) is 0.847. The summed E-state index contributed by atoms with van der Waals surface area (Å²) in [5.74, 6) is 0.475. The summed E-state index contributed by atoms with van der Waals surface area (Å²) in [5.41, 5.74) is 7.15. The topological polar surface area (TPSA) is 32.5 Å². The van der Waals surface area contributed by atoms with Crippen LogP contribution in [0.2, 0.25) is 0 Å². The summed E-state index contributed by atoms with van der Waals surface area (Å²) in [7, 11) is 0. The van der Waals surface area contributed by atoms with Gasteiger partial charge in [-0.1, -0.05) is 13.8 Å². The van der Waals surface area contributed by atoms with Gasteiger partial charge in [-0.15, -0.1) is 0 Å². The third kappa shape index (κ3) is 4.48. The van der Waals surface area contributed by atoms with Gasteiger partial charge in [0.15, 0.2) is 0 Å². The number of benzene rings is 1. The highest BCUT2D eigenvalue weighted by Crippen LogP contribution is 2.14. The van der Waals surface area contributed by atoms with Crippen LogP contribution in [0, 0.1) is 11.7 Å². The lowest BCUT2D eigenvalue weighted by atomic mass is 10.1. The van der Waals surface area contributed by atoms with Crippen molar-refractivity contribution in [2.75, 3.05) is 38.5 Å². The molecule has 1 aromatic carbocycles. The lowest BCUT2D eigenvalue weighted by molar-refractivity contribution is 0.117. The molecule has 106 valence electrons. The van der Waals surface area contributed by atoms with Gasteiger partial charge in [-0.3, -0.25) is 4.90 Å². The molecule has 1 saturated heterocycles. The van der Waals surface area contributed by atoms with E-state index in [0.717, 1.165) is 44.2 Å². The zero-order chi connectivity index (χ0) is 13.8. The fourth-order valence-corrected chi connectivity index (χ4v) is 2.67. The van der Waals surface area contributed by atoms with Crippen LogP contribution in [-0.2, 0) is 6.54 Å². The minimum atomic E-state index is -0.242. The maximum Gasteiger partial charge on any atom is 0.125 e. The number of nitrogen functional groups attached to an aromatic ring is 1. The van der Waals surface area contributed by atoms with E-state index >= 15 is 0 Å². The maximum absolute atomic E-state index is 13.3. The van der Waals surface area contributed by atoms with Gasteiger partial charge in [-0.05, 0) is 29.7 Å². The van der Waals surface area contributed by atoms with Crippen LogP contribution in [0.15, 0.2) is 18.2 Å². The Kier molecular flexibility index (Phi) is 4.77. The second-order valence-electron chi connectivity index (χ2n) is 5.86. The molecule has 0 radical (unpaired) electrons. The van der Waals surface area contributed by atoms with E-state index in [9.17, 15) is 4.39 Å². The molecule has 1 aromatic rings. The van der Waals surface area contributed by atoms with Gasteiger partial charge in [0, 0.05) is 45.0 Å². The number of nitrogens with two attached hydrogens (primary N) is 1. The monoisotopic (exact) mass is 265 g/mol. The molecule has 4 heteroatoms. The van der Waals surface area contributed by atoms with Crippen LogP contribution in [0.25, 0.3) is 0 Å². The van der Waals surface area contributed by atoms with Gasteiger partial charge in [0.1, 0.15) is 5.82 Å². The van der Waals surface area contributed by atoms with E-state index in [-0.39, 0.29) is 5.82 Å². The van der Waals surface area contributed by atoms with E-state index < -0.39 is 0 Å². The molecular formula is C15H24FN3. The summed E-state index contributed by atoms with van der Waals surface area (Å²) >= 11 is 0. The number of nitrogens with zero attached hydrogens (tertiary/aromatic N) is 2. The Bertz CT molecular complexity index is 392. The highest BCUT2D eigenvalue weighted by atomic mass is 19.1. The van der Waals surface area contributed by atoms with Gasteiger partial charge in [-0.25, -0.2) is 4.39 Å². The summed E-state index contributed by atoms with van der Waals surface area (Å²) in [6, 6.07) is 4.81. The van der Waals surface area contributed by atoms with Gasteiger partial charge in [-0.2, -0.15) is 0 Å². The molecule has 0 spiro atoms. The first-order valence-electron chi connectivity index (χ1n) is 7.02. The number of hydrogen-bond acceptors (Lipinski definition) is 3. The lowest BCUT2D eigenvalue weighted by Crippen LogP contribution is -2.46. The van der Waals surface area contributed by atoms with Gasteiger partial charge in [0.2, 0.25) is 0 Å². The van der Waals surface area contributed by atoms with E-state index in [1.165, 1.54) is 12.6 Å². The second kappa shape index (κ2) is 6.35. The van der Waals surface area contributed by atoms with E-state index in [1.807, 2.05) is 6.07 Å². The number of anilines is 1. The zero-order valence-corrected chi connectivity index (χ0v) is 11.9. The third-order valence-electron chi connectivity index (χ3n) is 3.47. The molecule has 1 fully saturated rings. The Morgan fingerprint density at radius 1 is 1.11 bits per heavy atom.